The molecule has 0 radical (unpaired) electrons. The number of anilines is 1. The zero-order valence-electron chi connectivity index (χ0n) is 20.0. The van der Waals surface area contributed by atoms with E-state index in [4.69, 9.17) is 15.2 Å². The lowest BCUT2D eigenvalue weighted by Crippen LogP contribution is -2.69. The van der Waals surface area contributed by atoms with Gasteiger partial charge in [0.2, 0.25) is 0 Å². The Morgan fingerprint density at radius 2 is 1.91 bits per heavy atom. The van der Waals surface area contributed by atoms with Crippen molar-refractivity contribution >= 4 is 31.0 Å². The van der Waals surface area contributed by atoms with E-state index in [1.807, 2.05) is 33.9 Å². The zero-order chi connectivity index (χ0) is 24.9. The van der Waals surface area contributed by atoms with E-state index in [0.29, 0.717) is 16.7 Å². The first kappa shape index (κ1) is 24.3. The molecular formula is C23H31N5O5Si. The summed E-state index contributed by atoms with van der Waals surface area (Å²) in [6.07, 6.45) is -0.566. The molecule has 1 aromatic carbocycles. The third-order valence-electron chi connectivity index (χ3n) is 7.43. The number of aliphatic hydroxyl groups is 2. The third kappa shape index (κ3) is 3.68. The number of fused-ring (bicyclic) bond motifs is 1. The summed E-state index contributed by atoms with van der Waals surface area (Å²) in [5.41, 5.74) is 7.05. The molecule has 0 saturated carbocycles. The summed E-state index contributed by atoms with van der Waals surface area (Å²) in [4.78, 5) is 25.1. The lowest BCUT2D eigenvalue weighted by atomic mass is 10.1. The van der Waals surface area contributed by atoms with Gasteiger partial charge in [-0.2, -0.15) is 0 Å². The van der Waals surface area contributed by atoms with Gasteiger partial charge in [0.15, 0.2) is 17.7 Å². The van der Waals surface area contributed by atoms with Crippen molar-refractivity contribution in [2.45, 2.75) is 62.6 Å². The summed E-state index contributed by atoms with van der Waals surface area (Å²) in [6, 6.07) is 8.59. The number of esters is 1. The minimum Gasteiger partial charge on any atom is -0.459 e. The van der Waals surface area contributed by atoms with Crippen LogP contribution in [-0.2, 0) is 9.47 Å². The van der Waals surface area contributed by atoms with Gasteiger partial charge in [-0.15, -0.1) is 0 Å². The number of nitrogens with zero attached hydrogens (tertiary/aromatic N) is 4. The quantitative estimate of drug-likeness (QED) is 0.366. The maximum absolute atomic E-state index is 12.6. The van der Waals surface area contributed by atoms with E-state index in [-0.39, 0.29) is 17.5 Å². The number of imidazole rings is 1. The highest BCUT2D eigenvalue weighted by Gasteiger charge is 2.67. The van der Waals surface area contributed by atoms with Gasteiger partial charge >= 0.3 is 5.97 Å². The van der Waals surface area contributed by atoms with Gasteiger partial charge < -0.3 is 25.4 Å². The number of aliphatic hydroxyl groups excluding tert-OH is 1. The van der Waals surface area contributed by atoms with Crippen LogP contribution >= 0.6 is 0 Å². The van der Waals surface area contributed by atoms with Crippen LogP contribution in [0.3, 0.4) is 0 Å². The van der Waals surface area contributed by atoms with Gasteiger partial charge in [-0.3, -0.25) is 4.57 Å². The van der Waals surface area contributed by atoms with Crippen molar-refractivity contribution in [3.63, 3.8) is 0 Å². The van der Waals surface area contributed by atoms with E-state index in [9.17, 15) is 15.0 Å². The van der Waals surface area contributed by atoms with E-state index in [2.05, 4.69) is 15.0 Å². The number of nitrogens with two attached hydrogens (primary N) is 1. The van der Waals surface area contributed by atoms with Gasteiger partial charge in [0.25, 0.3) is 0 Å². The zero-order valence-corrected chi connectivity index (χ0v) is 21.0. The molecule has 3 aromatic rings. The predicted octanol–water partition coefficient (Wildman–Crippen LogP) is 2.30. The average molecular weight is 486 g/mol. The highest BCUT2D eigenvalue weighted by molar-refractivity contribution is 6.83. The molecule has 34 heavy (non-hydrogen) atoms. The Morgan fingerprint density at radius 1 is 1.24 bits per heavy atom. The molecule has 3 heterocycles. The Kier molecular flexibility index (Phi) is 6.01. The molecule has 4 rings (SSSR count). The number of benzene rings is 1. The molecule has 1 fully saturated rings. The molecule has 2 aromatic heterocycles. The second-order valence-corrected chi connectivity index (χ2v) is 15.8. The van der Waals surface area contributed by atoms with E-state index < -0.39 is 37.7 Å². The second kappa shape index (κ2) is 8.42. The van der Waals surface area contributed by atoms with Gasteiger partial charge in [-0.1, -0.05) is 52.1 Å². The molecule has 1 saturated heterocycles. The molecule has 4 N–H and O–H groups in total. The third-order valence-corrected chi connectivity index (χ3v) is 13.8. The highest BCUT2D eigenvalue weighted by atomic mass is 28.3. The topological polar surface area (TPSA) is 146 Å². The lowest BCUT2D eigenvalue weighted by molar-refractivity contribution is -0.0638. The number of carbonyl (C=O) groups is 1. The number of aromatic nitrogens is 4. The molecule has 0 unspecified atom stereocenters. The number of nitrogen functional groups attached to an aromatic ring is 1. The smallest absolute Gasteiger partial charge is 0.338 e. The van der Waals surface area contributed by atoms with Gasteiger partial charge in [0.1, 0.15) is 35.9 Å². The summed E-state index contributed by atoms with van der Waals surface area (Å²) in [5, 5.41) is 21.8. The van der Waals surface area contributed by atoms with Crippen LogP contribution in [0.5, 0.6) is 0 Å². The monoisotopic (exact) mass is 485 g/mol. The van der Waals surface area contributed by atoms with Crippen LogP contribution in [0.15, 0.2) is 43.0 Å². The standard InChI is InChI=1S/C23H31N5O5Si/c1-22(2,3)34(4,5)23(31)15(11-32-21(30)14-9-7-6-8-10-14)33-20(17(23)29)28-13-27-16-18(24)25-12-26-19(16)28/h6-10,12-13,15,17,20,29,31H,11H2,1-5H3,(H2,24,25,26)/t15-,17+,20-,23+/m1/s1. The Hall–Kier alpha value is -2.86. The van der Waals surface area contributed by atoms with E-state index in [1.165, 1.54) is 17.2 Å². The van der Waals surface area contributed by atoms with Crippen molar-refractivity contribution in [3.05, 3.63) is 48.5 Å². The molecule has 0 aliphatic carbocycles. The van der Waals surface area contributed by atoms with Crippen LogP contribution in [0.4, 0.5) is 5.82 Å². The maximum Gasteiger partial charge on any atom is 0.338 e. The number of hydrogen-bond acceptors (Lipinski definition) is 9. The maximum atomic E-state index is 12.6. The molecule has 10 nitrogen and oxygen atoms in total. The second-order valence-electron chi connectivity index (χ2n) is 10.2. The highest BCUT2D eigenvalue weighted by Crippen LogP contribution is 2.52. The molecule has 182 valence electrons. The van der Waals surface area contributed by atoms with E-state index in [0.717, 1.165) is 0 Å². The largest absolute Gasteiger partial charge is 0.459 e. The fourth-order valence-electron chi connectivity index (χ4n) is 4.38. The van der Waals surface area contributed by atoms with Crippen molar-refractivity contribution in [2.24, 2.45) is 0 Å². The Morgan fingerprint density at radius 3 is 2.56 bits per heavy atom. The Balaban J connectivity index is 1.72. The predicted molar refractivity (Wildman–Crippen MR) is 129 cm³/mol. The van der Waals surface area contributed by atoms with Crippen LogP contribution in [0.1, 0.15) is 37.4 Å². The molecule has 1 aliphatic heterocycles. The van der Waals surface area contributed by atoms with Gasteiger partial charge in [0.05, 0.1) is 20.0 Å². The van der Waals surface area contributed by atoms with Crippen molar-refractivity contribution in [2.75, 3.05) is 12.3 Å². The van der Waals surface area contributed by atoms with Crippen LogP contribution in [0, 0.1) is 0 Å². The van der Waals surface area contributed by atoms with Gasteiger partial charge in [-0.25, -0.2) is 19.7 Å². The fourth-order valence-corrected chi connectivity index (χ4v) is 7.42. The molecular weight excluding hydrogens is 454 g/mol. The first-order valence-corrected chi connectivity index (χ1v) is 14.1. The summed E-state index contributed by atoms with van der Waals surface area (Å²) < 4.78 is 13.3. The molecule has 4 atom stereocenters. The van der Waals surface area contributed by atoms with E-state index in [1.54, 1.807) is 30.3 Å². The average Bonchev–Trinajstić information content (AvgIpc) is 3.33. The Labute approximate surface area is 198 Å². The number of ether oxygens (including phenoxy) is 2. The number of rotatable bonds is 5. The van der Waals surface area contributed by atoms with Crippen LogP contribution in [0.25, 0.3) is 11.2 Å². The minimum absolute atomic E-state index is 0.198. The number of carbonyl (C=O) groups excluding carboxylic acids is 1. The molecule has 0 amide bonds. The summed E-state index contributed by atoms with van der Waals surface area (Å²) in [6.45, 7) is 9.87. The van der Waals surface area contributed by atoms with Crippen LogP contribution < -0.4 is 5.73 Å². The first-order chi connectivity index (χ1) is 15.9. The summed E-state index contributed by atoms with van der Waals surface area (Å²) in [7, 11) is -2.71. The SMILES string of the molecule is CC(C)(C)[Si](C)(C)[C@@]1(O)[C@@H](COC(=O)c2ccccc2)O[C@@H](n2cnc3c(N)ncnc32)[C@@H]1O. The van der Waals surface area contributed by atoms with Crippen LogP contribution in [0.2, 0.25) is 18.1 Å². The fraction of sp³-hybridized carbons (Fsp3) is 0.478. The van der Waals surface area contributed by atoms with Crippen molar-refractivity contribution < 1.29 is 24.5 Å². The van der Waals surface area contributed by atoms with Crippen molar-refractivity contribution in [3.8, 4) is 0 Å². The molecule has 1 aliphatic rings. The molecule has 0 spiro atoms. The van der Waals surface area contributed by atoms with Gasteiger partial charge in [-0.05, 0) is 17.2 Å². The normalized spacial score (nSPS) is 25.6. The van der Waals surface area contributed by atoms with Crippen molar-refractivity contribution in [1.82, 2.24) is 19.5 Å². The van der Waals surface area contributed by atoms with Gasteiger partial charge in [0, 0.05) is 0 Å². The molecule has 11 heteroatoms. The van der Waals surface area contributed by atoms with Crippen LogP contribution in [-0.4, -0.2) is 67.8 Å². The summed E-state index contributed by atoms with van der Waals surface area (Å²) in [5.74, 6) is -0.336. The van der Waals surface area contributed by atoms with E-state index >= 15 is 0 Å². The molecule has 0 bridgehead atoms. The van der Waals surface area contributed by atoms with Crippen molar-refractivity contribution in [1.29, 1.82) is 0 Å². The minimum atomic E-state index is -2.71. The first-order valence-electron chi connectivity index (χ1n) is 11.1. The number of hydrogen-bond donors (Lipinski definition) is 3. The lowest BCUT2D eigenvalue weighted by Gasteiger charge is -2.50. The summed E-state index contributed by atoms with van der Waals surface area (Å²) >= 11 is 0. The Bertz CT molecular complexity index is 1200.